The molecule has 0 radical (unpaired) electrons. The zero-order valence-electron chi connectivity index (χ0n) is 16.6. The molecule has 30 heavy (non-hydrogen) atoms. The Labute approximate surface area is 184 Å². The van der Waals surface area contributed by atoms with Gasteiger partial charge in [0, 0.05) is 10.7 Å². The quantitative estimate of drug-likeness (QED) is 0.594. The third-order valence-corrected chi connectivity index (χ3v) is 5.55. The van der Waals surface area contributed by atoms with E-state index in [1.807, 2.05) is 38.1 Å². The Morgan fingerprint density at radius 2 is 1.83 bits per heavy atom. The molecular formula is C22H21ClN2O4S. The summed E-state index contributed by atoms with van der Waals surface area (Å²) in [4.78, 5) is 38.3. The van der Waals surface area contributed by atoms with E-state index in [0.29, 0.717) is 10.7 Å². The summed E-state index contributed by atoms with van der Waals surface area (Å²) < 4.78 is 5.74. The molecule has 2 aromatic rings. The average Bonchev–Trinajstić information content (AvgIpc) is 2.98. The van der Waals surface area contributed by atoms with Crippen LogP contribution in [0, 0.1) is 0 Å². The highest BCUT2D eigenvalue weighted by Gasteiger charge is 2.36. The minimum absolute atomic E-state index is 0.117. The van der Waals surface area contributed by atoms with Gasteiger partial charge in [-0.3, -0.25) is 19.3 Å². The van der Waals surface area contributed by atoms with Crippen LogP contribution < -0.4 is 10.1 Å². The summed E-state index contributed by atoms with van der Waals surface area (Å²) in [6.07, 6.45) is 2.65. The molecule has 1 aliphatic rings. The largest absolute Gasteiger partial charge is 0.491 e. The number of thioether (sulfide) groups is 1. The molecule has 1 fully saturated rings. The third-order valence-electron chi connectivity index (χ3n) is 4.39. The minimum Gasteiger partial charge on any atom is -0.491 e. The third kappa shape index (κ3) is 5.64. The van der Waals surface area contributed by atoms with E-state index < -0.39 is 17.1 Å². The lowest BCUT2D eigenvalue weighted by Crippen LogP contribution is -2.36. The lowest BCUT2D eigenvalue weighted by molar-refractivity contribution is -0.127. The van der Waals surface area contributed by atoms with Gasteiger partial charge < -0.3 is 10.1 Å². The van der Waals surface area contributed by atoms with Crippen LogP contribution in [0.15, 0.2) is 53.4 Å². The number of nitrogens with zero attached hydrogens (tertiary/aromatic N) is 1. The molecule has 0 bridgehead atoms. The van der Waals surface area contributed by atoms with Crippen LogP contribution in [0.3, 0.4) is 0 Å². The van der Waals surface area contributed by atoms with E-state index in [0.717, 1.165) is 34.4 Å². The Morgan fingerprint density at radius 3 is 2.47 bits per heavy atom. The summed E-state index contributed by atoms with van der Waals surface area (Å²) in [7, 11) is 0. The number of amides is 3. The normalized spacial score (nSPS) is 16.1. The Kier molecular flexibility index (Phi) is 7.18. The highest BCUT2D eigenvalue weighted by molar-refractivity contribution is 8.18. The van der Waals surface area contributed by atoms with E-state index in [9.17, 15) is 14.4 Å². The smallest absolute Gasteiger partial charge is 0.294 e. The first kappa shape index (κ1) is 21.9. The van der Waals surface area contributed by atoms with Crippen molar-refractivity contribution in [2.75, 3.05) is 11.9 Å². The van der Waals surface area contributed by atoms with Gasteiger partial charge in [-0.25, -0.2) is 0 Å². The van der Waals surface area contributed by atoms with Crippen molar-refractivity contribution in [2.45, 2.75) is 26.4 Å². The highest BCUT2D eigenvalue weighted by atomic mass is 35.5. The monoisotopic (exact) mass is 444 g/mol. The summed E-state index contributed by atoms with van der Waals surface area (Å²) in [5.74, 6) is -0.211. The van der Waals surface area contributed by atoms with Crippen LogP contribution in [0.25, 0.3) is 6.08 Å². The van der Waals surface area contributed by atoms with E-state index in [1.165, 1.54) is 0 Å². The van der Waals surface area contributed by atoms with Gasteiger partial charge >= 0.3 is 0 Å². The zero-order chi connectivity index (χ0) is 21.7. The van der Waals surface area contributed by atoms with Gasteiger partial charge in [-0.1, -0.05) is 30.7 Å². The molecule has 3 amide bonds. The Bertz CT molecular complexity index is 974. The molecule has 6 nitrogen and oxygen atoms in total. The molecule has 0 aromatic heterocycles. The van der Waals surface area contributed by atoms with Gasteiger partial charge in [0.1, 0.15) is 12.3 Å². The second kappa shape index (κ2) is 9.82. The molecule has 2 aromatic carbocycles. The Hall–Kier alpha value is -2.77. The number of hydrogen-bond acceptors (Lipinski definition) is 5. The van der Waals surface area contributed by atoms with Crippen molar-refractivity contribution >= 4 is 52.2 Å². The van der Waals surface area contributed by atoms with Crippen LogP contribution in [0.4, 0.5) is 10.5 Å². The SMILES string of the molecule is CC[C@H](C)Oc1ccc(/C=C2\SC(=O)N(CC(=O)Nc3ccc(Cl)cc3)C2=O)cc1. The zero-order valence-corrected chi connectivity index (χ0v) is 18.1. The lowest BCUT2D eigenvalue weighted by Gasteiger charge is -2.12. The van der Waals surface area contributed by atoms with Gasteiger partial charge in [0.15, 0.2) is 0 Å². The Balaban J connectivity index is 1.63. The number of halogens is 1. The maximum absolute atomic E-state index is 12.6. The molecule has 0 saturated carbocycles. The van der Waals surface area contributed by atoms with Crippen LogP contribution in [0.5, 0.6) is 5.75 Å². The fourth-order valence-corrected chi connectivity index (χ4v) is 3.59. The second-order valence-corrected chi connectivity index (χ2v) is 8.16. The predicted molar refractivity (Wildman–Crippen MR) is 120 cm³/mol. The summed E-state index contributed by atoms with van der Waals surface area (Å²) in [6.45, 7) is 3.68. The van der Waals surface area contributed by atoms with Gasteiger partial charge in [-0.2, -0.15) is 0 Å². The van der Waals surface area contributed by atoms with E-state index in [1.54, 1.807) is 30.3 Å². The van der Waals surface area contributed by atoms with E-state index >= 15 is 0 Å². The number of imide groups is 1. The van der Waals surface area contributed by atoms with Crippen molar-refractivity contribution in [3.63, 3.8) is 0 Å². The van der Waals surface area contributed by atoms with Crippen molar-refractivity contribution in [1.29, 1.82) is 0 Å². The molecule has 0 unspecified atom stereocenters. The van der Waals surface area contributed by atoms with Crippen molar-refractivity contribution < 1.29 is 19.1 Å². The molecule has 1 heterocycles. The number of rotatable bonds is 7. The van der Waals surface area contributed by atoms with Gasteiger partial charge in [0.25, 0.3) is 11.1 Å². The van der Waals surface area contributed by atoms with Crippen molar-refractivity contribution in [3.8, 4) is 5.75 Å². The van der Waals surface area contributed by atoms with E-state index in [2.05, 4.69) is 5.32 Å². The van der Waals surface area contributed by atoms with Gasteiger partial charge in [-0.15, -0.1) is 0 Å². The van der Waals surface area contributed by atoms with Crippen molar-refractivity contribution in [2.24, 2.45) is 0 Å². The molecule has 1 atom stereocenters. The first-order valence-electron chi connectivity index (χ1n) is 9.43. The molecular weight excluding hydrogens is 424 g/mol. The fourth-order valence-electron chi connectivity index (χ4n) is 2.62. The molecule has 8 heteroatoms. The molecule has 156 valence electrons. The maximum Gasteiger partial charge on any atom is 0.294 e. The lowest BCUT2D eigenvalue weighted by atomic mass is 10.2. The van der Waals surface area contributed by atoms with Gasteiger partial charge in [0.05, 0.1) is 11.0 Å². The highest BCUT2D eigenvalue weighted by Crippen LogP contribution is 2.32. The topological polar surface area (TPSA) is 75.7 Å². The molecule has 3 rings (SSSR count). The summed E-state index contributed by atoms with van der Waals surface area (Å²) in [5, 5.41) is 2.71. The van der Waals surface area contributed by atoms with Crippen LogP contribution in [0.2, 0.25) is 5.02 Å². The molecule has 0 aliphatic carbocycles. The maximum atomic E-state index is 12.6. The van der Waals surface area contributed by atoms with E-state index in [4.69, 9.17) is 16.3 Å². The number of carbonyl (C=O) groups is 3. The summed E-state index contributed by atoms with van der Waals surface area (Å²) in [5.41, 5.74) is 1.30. The predicted octanol–water partition coefficient (Wildman–Crippen LogP) is 5.19. The molecule has 0 spiro atoms. The number of anilines is 1. The summed E-state index contributed by atoms with van der Waals surface area (Å²) in [6, 6.07) is 13.8. The van der Waals surface area contributed by atoms with E-state index in [-0.39, 0.29) is 17.6 Å². The second-order valence-electron chi connectivity index (χ2n) is 6.73. The number of benzene rings is 2. The van der Waals surface area contributed by atoms with Gasteiger partial charge in [0.2, 0.25) is 5.91 Å². The summed E-state index contributed by atoms with van der Waals surface area (Å²) >= 11 is 6.63. The number of nitrogens with one attached hydrogen (secondary N) is 1. The van der Waals surface area contributed by atoms with Crippen LogP contribution in [-0.4, -0.2) is 34.6 Å². The average molecular weight is 445 g/mol. The Morgan fingerprint density at radius 1 is 1.17 bits per heavy atom. The number of ether oxygens (including phenoxy) is 1. The van der Waals surface area contributed by atoms with Crippen molar-refractivity contribution in [3.05, 3.63) is 64.0 Å². The van der Waals surface area contributed by atoms with Gasteiger partial charge in [-0.05, 0) is 73.1 Å². The molecule has 1 aliphatic heterocycles. The van der Waals surface area contributed by atoms with Crippen LogP contribution in [0.1, 0.15) is 25.8 Å². The number of carbonyl (C=O) groups excluding carboxylic acids is 3. The molecule has 1 N–H and O–H groups in total. The van der Waals surface area contributed by atoms with Crippen LogP contribution in [-0.2, 0) is 9.59 Å². The van der Waals surface area contributed by atoms with Crippen LogP contribution >= 0.6 is 23.4 Å². The fraction of sp³-hybridized carbons (Fsp3) is 0.227. The first-order chi connectivity index (χ1) is 14.4. The standard InChI is InChI=1S/C22H21ClN2O4S/c1-3-14(2)29-18-10-4-15(5-11-18)12-19-21(27)25(22(28)30-19)13-20(26)24-17-8-6-16(23)7-9-17/h4-12,14H,3,13H2,1-2H3,(H,24,26)/b19-12-/t14-/m0/s1. The van der Waals surface area contributed by atoms with Crippen molar-refractivity contribution in [1.82, 2.24) is 4.90 Å². The first-order valence-corrected chi connectivity index (χ1v) is 10.6. The molecule has 1 saturated heterocycles. The number of hydrogen-bond donors (Lipinski definition) is 1. The minimum atomic E-state index is -0.490.